The Bertz CT molecular complexity index is 240. The Hall–Kier alpha value is -0.610. The SMILES string of the molecule is CO[C@H]1[C@@H](C)[C@H]2COC(=O)[C@@H](O2)[C@H]1C. The van der Waals surface area contributed by atoms with Crippen LogP contribution < -0.4 is 0 Å². The third-order valence-corrected chi connectivity index (χ3v) is 3.32. The minimum absolute atomic E-state index is 0.00106. The van der Waals surface area contributed by atoms with Crippen LogP contribution >= 0.6 is 0 Å². The minimum Gasteiger partial charge on any atom is -0.461 e. The van der Waals surface area contributed by atoms with E-state index in [4.69, 9.17) is 14.2 Å². The van der Waals surface area contributed by atoms with Crippen molar-refractivity contribution in [3.63, 3.8) is 0 Å². The highest BCUT2D eigenvalue weighted by Crippen LogP contribution is 2.35. The van der Waals surface area contributed by atoms with Gasteiger partial charge in [-0.3, -0.25) is 0 Å². The summed E-state index contributed by atoms with van der Waals surface area (Å²) >= 11 is 0. The van der Waals surface area contributed by atoms with Gasteiger partial charge in [0.25, 0.3) is 0 Å². The van der Waals surface area contributed by atoms with Crippen LogP contribution in [0.5, 0.6) is 0 Å². The van der Waals surface area contributed by atoms with Crippen LogP contribution in [0.25, 0.3) is 0 Å². The van der Waals surface area contributed by atoms with Gasteiger partial charge in [-0.2, -0.15) is 0 Å². The quantitative estimate of drug-likeness (QED) is 0.581. The van der Waals surface area contributed by atoms with Crippen LogP contribution in [-0.4, -0.2) is 38.0 Å². The summed E-state index contributed by atoms with van der Waals surface area (Å²) < 4.78 is 16.1. The van der Waals surface area contributed by atoms with Gasteiger partial charge in [-0.05, 0) is 0 Å². The topological polar surface area (TPSA) is 44.8 Å². The van der Waals surface area contributed by atoms with E-state index in [0.717, 1.165) is 0 Å². The average molecular weight is 200 g/mol. The van der Waals surface area contributed by atoms with Crippen LogP contribution in [0.15, 0.2) is 0 Å². The van der Waals surface area contributed by atoms with Gasteiger partial charge in [-0.15, -0.1) is 0 Å². The van der Waals surface area contributed by atoms with Crippen molar-refractivity contribution in [3.8, 4) is 0 Å². The number of carbonyl (C=O) groups is 1. The number of methoxy groups -OCH3 is 1. The average Bonchev–Trinajstić information content (AvgIpc) is 2.18. The van der Waals surface area contributed by atoms with Crippen molar-refractivity contribution in [3.05, 3.63) is 0 Å². The van der Waals surface area contributed by atoms with Gasteiger partial charge in [0.2, 0.25) is 0 Å². The second-order valence-electron chi connectivity index (χ2n) is 4.14. The highest BCUT2D eigenvalue weighted by molar-refractivity contribution is 5.76. The Balaban J connectivity index is 2.20. The van der Waals surface area contributed by atoms with Crippen LogP contribution in [-0.2, 0) is 19.0 Å². The number of fused-ring (bicyclic) bond motifs is 2. The number of hydrogen-bond acceptors (Lipinski definition) is 4. The van der Waals surface area contributed by atoms with Gasteiger partial charge < -0.3 is 14.2 Å². The molecule has 4 heteroatoms. The fraction of sp³-hybridized carbons (Fsp3) is 0.900. The predicted molar refractivity (Wildman–Crippen MR) is 48.7 cm³/mol. The lowest BCUT2D eigenvalue weighted by molar-refractivity contribution is -0.232. The van der Waals surface area contributed by atoms with Gasteiger partial charge in [-0.25, -0.2) is 4.79 Å². The third-order valence-electron chi connectivity index (χ3n) is 3.32. The standard InChI is InChI=1S/C10H16O4/c1-5-7-4-13-10(11)9(14-7)6(2)8(5)12-3/h5-9H,4H2,1-3H3/t5-,6-,7+,8-,9-/m0/s1. The Morgan fingerprint density at radius 1 is 1.36 bits per heavy atom. The summed E-state index contributed by atoms with van der Waals surface area (Å²) in [6.45, 7) is 4.41. The fourth-order valence-electron chi connectivity index (χ4n) is 2.44. The van der Waals surface area contributed by atoms with E-state index >= 15 is 0 Å². The molecule has 0 aromatic rings. The summed E-state index contributed by atoms with van der Waals surface area (Å²) in [5.74, 6) is 0.0982. The lowest BCUT2D eigenvalue weighted by atomic mass is 9.82. The molecule has 0 aromatic heterocycles. The summed E-state index contributed by atoms with van der Waals surface area (Å²) in [4.78, 5) is 11.4. The van der Waals surface area contributed by atoms with Crippen LogP contribution in [0.3, 0.4) is 0 Å². The number of esters is 1. The molecule has 5 atom stereocenters. The van der Waals surface area contributed by atoms with E-state index in [1.807, 2.05) is 6.92 Å². The molecule has 2 aliphatic rings. The maximum Gasteiger partial charge on any atom is 0.335 e. The van der Waals surface area contributed by atoms with Crippen LogP contribution in [0.4, 0.5) is 0 Å². The summed E-state index contributed by atoms with van der Waals surface area (Å²) in [6.07, 6.45) is -0.347. The first-order chi connectivity index (χ1) is 6.65. The van der Waals surface area contributed by atoms with E-state index in [1.165, 1.54) is 0 Å². The monoisotopic (exact) mass is 200 g/mol. The van der Waals surface area contributed by atoms with Crippen molar-refractivity contribution in [1.29, 1.82) is 0 Å². The third kappa shape index (κ3) is 1.33. The highest BCUT2D eigenvalue weighted by Gasteiger charge is 2.48. The Morgan fingerprint density at radius 3 is 2.71 bits per heavy atom. The first-order valence-electron chi connectivity index (χ1n) is 5.00. The smallest absolute Gasteiger partial charge is 0.335 e. The van der Waals surface area contributed by atoms with E-state index in [9.17, 15) is 4.79 Å². The molecule has 0 radical (unpaired) electrons. The molecule has 2 rings (SSSR count). The van der Waals surface area contributed by atoms with Gasteiger partial charge in [0.05, 0.1) is 12.2 Å². The molecule has 2 fully saturated rings. The number of carbonyl (C=O) groups excluding carboxylic acids is 1. The van der Waals surface area contributed by atoms with Crippen molar-refractivity contribution in [2.45, 2.75) is 32.2 Å². The van der Waals surface area contributed by atoms with Gasteiger partial charge in [0.15, 0.2) is 6.10 Å². The van der Waals surface area contributed by atoms with E-state index in [-0.39, 0.29) is 30.0 Å². The zero-order valence-corrected chi connectivity index (χ0v) is 8.73. The molecule has 0 aromatic carbocycles. The lowest BCUT2D eigenvalue weighted by Crippen LogP contribution is -2.57. The van der Waals surface area contributed by atoms with Gasteiger partial charge in [-0.1, -0.05) is 13.8 Å². The normalized spacial score (nSPS) is 47.4. The first-order valence-corrected chi connectivity index (χ1v) is 5.00. The van der Waals surface area contributed by atoms with Crippen molar-refractivity contribution in [1.82, 2.24) is 0 Å². The summed E-state index contributed by atoms with van der Waals surface area (Å²) in [5.41, 5.74) is 0. The molecular formula is C10H16O4. The van der Waals surface area contributed by atoms with Gasteiger partial charge in [0, 0.05) is 18.9 Å². The lowest BCUT2D eigenvalue weighted by Gasteiger charge is -2.45. The predicted octanol–water partition coefficient (Wildman–Crippen LogP) is 0.598. The molecule has 2 bridgehead atoms. The zero-order chi connectivity index (χ0) is 10.3. The van der Waals surface area contributed by atoms with Crippen molar-refractivity contribution in [2.75, 3.05) is 13.7 Å². The zero-order valence-electron chi connectivity index (χ0n) is 8.73. The fourth-order valence-corrected chi connectivity index (χ4v) is 2.44. The molecule has 14 heavy (non-hydrogen) atoms. The molecule has 80 valence electrons. The Kier molecular flexibility index (Phi) is 2.49. The molecule has 0 amide bonds. The second kappa shape index (κ2) is 3.51. The summed E-state index contributed by atoms with van der Waals surface area (Å²) in [6, 6.07) is 0. The number of hydrogen-bond donors (Lipinski definition) is 0. The van der Waals surface area contributed by atoms with Crippen molar-refractivity contribution in [2.24, 2.45) is 11.8 Å². The molecule has 0 saturated carbocycles. The van der Waals surface area contributed by atoms with Crippen LogP contribution in [0, 0.1) is 11.8 Å². The van der Waals surface area contributed by atoms with Crippen LogP contribution in [0.1, 0.15) is 13.8 Å². The number of rotatable bonds is 1. The molecule has 2 aliphatic heterocycles. The first kappa shape index (κ1) is 9.93. The maximum absolute atomic E-state index is 11.4. The van der Waals surface area contributed by atoms with E-state index in [2.05, 4.69) is 6.92 Å². The number of ether oxygens (including phenoxy) is 3. The number of cyclic esters (lactones) is 1. The molecule has 0 N–H and O–H groups in total. The molecule has 4 nitrogen and oxygen atoms in total. The van der Waals surface area contributed by atoms with Gasteiger partial charge >= 0.3 is 5.97 Å². The Labute approximate surface area is 83.5 Å². The summed E-state index contributed by atoms with van der Waals surface area (Å²) in [5, 5.41) is 0. The summed E-state index contributed by atoms with van der Waals surface area (Å²) in [7, 11) is 1.68. The van der Waals surface area contributed by atoms with Gasteiger partial charge in [0.1, 0.15) is 6.61 Å². The van der Waals surface area contributed by atoms with Crippen molar-refractivity contribution < 1.29 is 19.0 Å². The molecule has 2 saturated heterocycles. The van der Waals surface area contributed by atoms with E-state index in [0.29, 0.717) is 6.61 Å². The molecule has 0 spiro atoms. The van der Waals surface area contributed by atoms with Crippen molar-refractivity contribution >= 4 is 5.97 Å². The van der Waals surface area contributed by atoms with E-state index < -0.39 is 6.10 Å². The second-order valence-corrected chi connectivity index (χ2v) is 4.14. The maximum atomic E-state index is 11.4. The van der Waals surface area contributed by atoms with Crippen LogP contribution in [0.2, 0.25) is 0 Å². The molecule has 0 unspecified atom stereocenters. The largest absolute Gasteiger partial charge is 0.461 e. The molecular weight excluding hydrogens is 184 g/mol. The minimum atomic E-state index is -0.435. The Morgan fingerprint density at radius 2 is 2.07 bits per heavy atom. The molecule has 2 heterocycles. The highest BCUT2D eigenvalue weighted by atomic mass is 16.6. The van der Waals surface area contributed by atoms with E-state index in [1.54, 1.807) is 7.11 Å². The molecule has 0 aliphatic carbocycles.